The zero-order valence-corrected chi connectivity index (χ0v) is 16.7. The van der Waals surface area contributed by atoms with E-state index in [1.165, 1.54) is 37.7 Å². The second-order valence-electron chi connectivity index (χ2n) is 7.38. The predicted molar refractivity (Wildman–Crippen MR) is 108 cm³/mol. The van der Waals surface area contributed by atoms with Gasteiger partial charge in [0.25, 0.3) is 0 Å². The molecule has 6 heteroatoms. The van der Waals surface area contributed by atoms with Gasteiger partial charge in [-0.15, -0.1) is 0 Å². The number of nitrogens with one attached hydrogen (secondary N) is 1. The van der Waals surface area contributed by atoms with Crippen molar-refractivity contribution in [3.8, 4) is 11.4 Å². The first-order valence-corrected chi connectivity index (χ1v) is 9.90. The van der Waals surface area contributed by atoms with Crippen molar-refractivity contribution < 1.29 is 4.52 Å². The Kier molecular flexibility index (Phi) is 6.25. The first-order valence-electron chi connectivity index (χ1n) is 9.49. The van der Waals surface area contributed by atoms with Gasteiger partial charge in [-0.2, -0.15) is 4.98 Å². The lowest BCUT2D eigenvalue weighted by Crippen LogP contribution is -2.47. The van der Waals surface area contributed by atoms with Crippen LogP contribution < -0.4 is 5.32 Å². The monoisotopic (exact) mass is 372 g/mol. The van der Waals surface area contributed by atoms with Crippen molar-refractivity contribution in [1.82, 2.24) is 20.4 Å². The lowest BCUT2D eigenvalue weighted by molar-refractivity contribution is 0.271. The summed E-state index contributed by atoms with van der Waals surface area (Å²) < 4.78 is 5.48. The van der Waals surface area contributed by atoms with Crippen LogP contribution in [0.15, 0.2) is 28.8 Å². The average Bonchev–Trinajstić information content (AvgIpc) is 3.09. The molecule has 0 spiro atoms. The molecule has 1 aromatic heterocycles. The standard InChI is InChI=1S/C20H28N4OS/c1-14(2)24(20(26)21-17-7-5-4-6-8-17)13-18-22-19(23-25-18)16-11-9-15(3)10-12-16/h9-12,14,17H,4-8,13H2,1-3H3,(H,21,26). The maximum atomic E-state index is 5.67. The molecule has 0 unspecified atom stereocenters. The molecule has 140 valence electrons. The van der Waals surface area contributed by atoms with E-state index in [4.69, 9.17) is 16.7 Å². The largest absolute Gasteiger partial charge is 0.360 e. The maximum Gasteiger partial charge on any atom is 0.246 e. The summed E-state index contributed by atoms with van der Waals surface area (Å²) in [5, 5.41) is 8.44. The molecule has 1 N–H and O–H groups in total. The summed E-state index contributed by atoms with van der Waals surface area (Å²) in [6.07, 6.45) is 6.30. The number of benzene rings is 1. The van der Waals surface area contributed by atoms with Crippen LogP contribution in [0.3, 0.4) is 0 Å². The van der Waals surface area contributed by atoms with Crippen LogP contribution in [0.25, 0.3) is 11.4 Å². The van der Waals surface area contributed by atoms with Crippen molar-refractivity contribution >= 4 is 17.3 Å². The number of rotatable bonds is 5. The highest BCUT2D eigenvalue weighted by Crippen LogP contribution is 2.20. The highest BCUT2D eigenvalue weighted by Gasteiger charge is 2.21. The van der Waals surface area contributed by atoms with E-state index in [2.05, 4.69) is 53.3 Å². The van der Waals surface area contributed by atoms with E-state index in [0.29, 0.717) is 24.3 Å². The van der Waals surface area contributed by atoms with E-state index >= 15 is 0 Å². The molecule has 0 radical (unpaired) electrons. The van der Waals surface area contributed by atoms with Gasteiger partial charge in [0.1, 0.15) is 0 Å². The Morgan fingerprint density at radius 2 is 1.92 bits per heavy atom. The Morgan fingerprint density at radius 3 is 2.58 bits per heavy atom. The Bertz CT molecular complexity index is 720. The summed E-state index contributed by atoms with van der Waals surface area (Å²) in [6, 6.07) is 8.87. The average molecular weight is 373 g/mol. The molecule has 0 bridgehead atoms. The molecule has 3 rings (SSSR count). The lowest BCUT2D eigenvalue weighted by Gasteiger charge is -2.32. The molecule has 1 saturated carbocycles. The quantitative estimate of drug-likeness (QED) is 0.782. The molecule has 0 aliphatic heterocycles. The SMILES string of the molecule is Cc1ccc(-c2noc(CN(C(=S)NC3CCCCC3)C(C)C)n2)cc1. The minimum atomic E-state index is 0.258. The normalized spacial score (nSPS) is 15.2. The van der Waals surface area contributed by atoms with Gasteiger partial charge in [-0.05, 0) is 45.8 Å². The van der Waals surface area contributed by atoms with E-state index < -0.39 is 0 Å². The Balaban J connectivity index is 1.66. The third kappa shape index (κ3) is 4.81. The number of nitrogens with zero attached hydrogens (tertiary/aromatic N) is 3. The molecule has 1 fully saturated rings. The van der Waals surface area contributed by atoms with Gasteiger partial charge in [-0.3, -0.25) is 0 Å². The number of aromatic nitrogens is 2. The van der Waals surface area contributed by atoms with Gasteiger partial charge in [0, 0.05) is 17.6 Å². The molecule has 1 heterocycles. The lowest BCUT2D eigenvalue weighted by atomic mass is 9.96. The molecule has 2 aromatic rings. The van der Waals surface area contributed by atoms with Gasteiger partial charge in [0.2, 0.25) is 11.7 Å². The highest BCUT2D eigenvalue weighted by atomic mass is 32.1. The number of thiocarbonyl (C=S) groups is 1. The van der Waals surface area contributed by atoms with Crippen LogP contribution in [-0.4, -0.2) is 32.2 Å². The summed E-state index contributed by atoms with van der Waals surface area (Å²) in [7, 11) is 0. The van der Waals surface area contributed by atoms with E-state index in [1.54, 1.807) is 0 Å². The van der Waals surface area contributed by atoms with Crippen LogP contribution >= 0.6 is 12.2 Å². The van der Waals surface area contributed by atoms with Crippen molar-refractivity contribution in [3.63, 3.8) is 0 Å². The molecule has 1 aromatic carbocycles. The zero-order chi connectivity index (χ0) is 18.5. The van der Waals surface area contributed by atoms with Gasteiger partial charge in [0.05, 0.1) is 6.54 Å². The summed E-state index contributed by atoms with van der Waals surface area (Å²) in [4.78, 5) is 6.68. The fourth-order valence-electron chi connectivity index (χ4n) is 3.28. The molecule has 26 heavy (non-hydrogen) atoms. The fourth-order valence-corrected chi connectivity index (χ4v) is 3.72. The van der Waals surface area contributed by atoms with E-state index in [-0.39, 0.29) is 6.04 Å². The predicted octanol–water partition coefficient (Wildman–Crippen LogP) is 4.46. The number of hydrogen-bond donors (Lipinski definition) is 1. The minimum Gasteiger partial charge on any atom is -0.360 e. The smallest absolute Gasteiger partial charge is 0.246 e. The molecule has 0 atom stereocenters. The van der Waals surface area contributed by atoms with Gasteiger partial charge < -0.3 is 14.7 Å². The first-order chi connectivity index (χ1) is 12.5. The third-order valence-electron chi connectivity index (χ3n) is 4.90. The maximum absolute atomic E-state index is 5.67. The van der Waals surface area contributed by atoms with E-state index in [1.807, 2.05) is 12.1 Å². The Labute approximate surface area is 161 Å². The highest BCUT2D eigenvalue weighted by molar-refractivity contribution is 7.80. The Morgan fingerprint density at radius 1 is 1.23 bits per heavy atom. The van der Waals surface area contributed by atoms with Crippen molar-refractivity contribution in [3.05, 3.63) is 35.7 Å². The second kappa shape index (κ2) is 8.62. The Hall–Kier alpha value is -1.95. The summed E-state index contributed by atoms with van der Waals surface area (Å²) >= 11 is 5.67. The van der Waals surface area contributed by atoms with Gasteiger partial charge in [0.15, 0.2) is 5.11 Å². The number of aryl methyl sites for hydroxylation is 1. The van der Waals surface area contributed by atoms with Crippen molar-refractivity contribution in [2.75, 3.05) is 0 Å². The molecule has 1 aliphatic carbocycles. The van der Waals surface area contributed by atoms with Crippen LogP contribution in [0.1, 0.15) is 57.4 Å². The van der Waals surface area contributed by atoms with Crippen LogP contribution in [0.5, 0.6) is 0 Å². The number of hydrogen-bond acceptors (Lipinski definition) is 4. The third-order valence-corrected chi connectivity index (χ3v) is 5.25. The van der Waals surface area contributed by atoms with E-state index in [9.17, 15) is 0 Å². The molecule has 0 saturated heterocycles. The molecule has 0 amide bonds. The molecule has 5 nitrogen and oxygen atoms in total. The second-order valence-corrected chi connectivity index (χ2v) is 7.77. The van der Waals surface area contributed by atoms with Crippen LogP contribution in [0.4, 0.5) is 0 Å². The van der Waals surface area contributed by atoms with Crippen LogP contribution in [-0.2, 0) is 6.54 Å². The van der Waals surface area contributed by atoms with Gasteiger partial charge >= 0.3 is 0 Å². The van der Waals surface area contributed by atoms with Crippen molar-refractivity contribution in [2.24, 2.45) is 0 Å². The molecule has 1 aliphatic rings. The van der Waals surface area contributed by atoms with Crippen LogP contribution in [0, 0.1) is 6.92 Å². The summed E-state index contributed by atoms with van der Waals surface area (Å²) in [5.74, 6) is 1.21. The zero-order valence-electron chi connectivity index (χ0n) is 15.9. The summed E-state index contributed by atoms with van der Waals surface area (Å²) in [5.41, 5.74) is 2.17. The van der Waals surface area contributed by atoms with Crippen molar-refractivity contribution in [2.45, 2.75) is 71.5 Å². The van der Waals surface area contributed by atoms with Gasteiger partial charge in [-0.25, -0.2) is 0 Å². The van der Waals surface area contributed by atoms with Crippen molar-refractivity contribution in [1.29, 1.82) is 0 Å². The molecular formula is C20H28N4OS. The topological polar surface area (TPSA) is 54.2 Å². The van der Waals surface area contributed by atoms with Crippen LogP contribution in [0.2, 0.25) is 0 Å². The van der Waals surface area contributed by atoms with E-state index in [0.717, 1.165) is 10.7 Å². The first kappa shape index (κ1) is 18.8. The molecular weight excluding hydrogens is 344 g/mol. The minimum absolute atomic E-state index is 0.258. The summed E-state index contributed by atoms with van der Waals surface area (Å²) in [6.45, 7) is 6.85. The fraction of sp³-hybridized carbons (Fsp3) is 0.550. The van der Waals surface area contributed by atoms with Gasteiger partial charge in [-0.1, -0.05) is 54.2 Å².